The maximum Gasteiger partial charge on any atom is 0.337 e. The number of carbonyl (C=O) groups excluding carboxylic acids is 2. The molecular formula is C35H34O4S. The lowest BCUT2D eigenvalue weighted by Gasteiger charge is -2.47. The maximum atomic E-state index is 15.2. The molecule has 0 radical (unpaired) electrons. The molecule has 5 heteroatoms. The number of ether oxygens (including phenoxy) is 1. The number of esters is 1. The van der Waals surface area contributed by atoms with E-state index in [-0.39, 0.29) is 11.8 Å². The first-order valence-corrected chi connectivity index (χ1v) is 15.1. The molecule has 1 aliphatic carbocycles. The summed E-state index contributed by atoms with van der Waals surface area (Å²) >= 11 is 0. The number of hydrogen-bond acceptors (Lipinski definition) is 4. The standard InChI is InChI=1S/C35H34O4S/c1-39-32(36)28-20-18-27(19-21-28)26-35(30-14-7-3-8-15-30)23-11-22-34(33(35)37,29-12-5-2-6-13-29)24-25-40(38)31-16-9-4-10-17-31/h2-10,12-21H,11,22-26H2,1H3/t34-,35-,40?/m1/s1. The molecular weight excluding hydrogens is 516 g/mol. The molecule has 204 valence electrons. The van der Waals surface area contributed by atoms with Gasteiger partial charge >= 0.3 is 5.97 Å². The Morgan fingerprint density at radius 2 is 1.27 bits per heavy atom. The lowest BCUT2D eigenvalue weighted by Crippen LogP contribution is -2.54. The SMILES string of the molecule is COC(=O)c1ccc(C[C@@]2(c3ccccc3)CCC[C@@](CCS(=O)c3ccccc3)(c3ccccc3)C2=O)cc1. The molecule has 0 aliphatic heterocycles. The van der Waals surface area contributed by atoms with Crippen molar-refractivity contribution in [3.8, 4) is 0 Å². The molecule has 3 atom stereocenters. The minimum Gasteiger partial charge on any atom is -0.465 e. The van der Waals surface area contributed by atoms with E-state index < -0.39 is 21.6 Å². The van der Waals surface area contributed by atoms with Crippen LogP contribution in [0.5, 0.6) is 0 Å². The van der Waals surface area contributed by atoms with E-state index in [0.29, 0.717) is 24.2 Å². The van der Waals surface area contributed by atoms with Crippen molar-refractivity contribution < 1.29 is 18.5 Å². The number of rotatable bonds is 9. The van der Waals surface area contributed by atoms with Crippen LogP contribution >= 0.6 is 0 Å². The summed E-state index contributed by atoms with van der Waals surface area (Å²) < 4.78 is 18.2. The van der Waals surface area contributed by atoms with Crippen LogP contribution in [0.4, 0.5) is 0 Å². The minimum absolute atomic E-state index is 0.186. The van der Waals surface area contributed by atoms with Gasteiger partial charge in [-0.15, -0.1) is 0 Å². The molecule has 1 unspecified atom stereocenters. The predicted octanol–water partition coefficient (Wildman–Crippen LogP) is 6.84. The Morgan fingerprint density at radius 3 is 1.85 bits per heavy atom. The summed E-state index contributed by atoms with van der Waals surface area (Å²) in [4.78, 5) is 28.0. The molecule has 0 bridgehead atoms. The van der Waals surface area contributed by atoms with Gasteiger partial charge < -0.3 is 4.74 Å². The van der Waals surface area contributed by atoms with Crippen molar-refractivity contribution in [2.45, 2.75) is 47.8 Å². The van der Waals surface area contributed by atoms with E-state index in [0.717, 1.165) is 40.8 Å². The highest BCUT2D eigenvalue weighted by atomic mass is 32.2. The van der Waals surface area contributed by atoms with Gasteiger partial charge in [-0.25, -0.2) is 4.79 Å². The van der Waals surface area contributed by atoms with Crippen LogP contribution < -0.4 is 0 Å². The molecule has 0 amide bonds. The fraction of sp³-hybridized carbons (Fsp3) is 0.257. The van der Waals surface area contributed by atoms with E-state index in [2.05, 4.69) is 24.3 Å². The quantitative estimate of drug-likeness (QED) is 0.214. The number of Topliss-reactive ketones (excluding diaryl/α,β-unsaturated/α-hetero) is 1. The number of carbonyl (C=O) groups is 2. The molecule has 4 nitrogen and oxygen atoms in total. The summed E-state index contributed by atoms with van der Waals surface area (Å²) in [5, 5.41) is 0. The molecule has 4 aromatic carbocycles. The van der Waals surface area contributed by atoms with Crippen molar-refractivity contribution >= 4 is 22.6 Å². The number of hydrogen-bond donors (Lipinski definition) is 0. The Hall–Kier alpha value is -3.83. The van der Waals surface area contributed by atoms with Crippen molar-refractivity contribution in [1.82, 2.24) is 0 Å². The van der Waals surface area contributed by atoms with Crippen LogP contribution in [-0.2, 0) is 37.6 Å². The van der Waals surface area contributed by atoms with Gasteiger partial charge in [-0.05, 0) is 66.6 Å². The van der Waals surface area contributed by atoms with E-state index in [1.54, 1.807) is 12.1 Å². The first-order valence-electron chi connectivity index (χ1n) is 13.8. The lowest BCUT2D eigenvalue weighted by molar-refractivity contribution is -0.133. The van der Waals surface area contributed by atoms with Gasteiger partial charge in [0.1, 0.15) is 0 Å². The van der Waals surface area contributed by atoms with Crippen LogP contribution in [-0.4, -0.2) is 28.8 Å². The topological polar surface area (TPSA) is 60.4 Å². The summed E-state index contributed by atoms with van der Waals surface area (Å²) in [5.74, 6) is 0.210. The second kappa shape index (κ2) is 12.1. The van der Waals surface area contributed by atoms with Crippen molar-refractivity contribution in [2.75, 3.05) is 12.9 Å². The molecule has 0 saturated heterocycles. The fourth-order valence-electron chi connectivity index (χ4n) is 6.28. The molecule has 0 N–H and O–H groups in total. The number of ketones is 1. The van der Waals surface area contributed by atoms with Crippen LogP contribution in [0.1, 0.15) is 52.7 Å². The Bertz CT molecular complexity index is 1470. The van der Waals surface area contributed by atoms with Crippen LogP contribution in [0, 0.1) is 0 Å². The molecule has 1 fully saturated rings. The average Bonchev–Trinajstić information content (AvgIpc) is 3.02. The molecule has 5 rings (SSSR count). The molecule has 1 aliphatic rings. The Kier molecular flexibility index (Phi) is 8.41. The zero-order valence-electron chi connectivity index (χ0n) is 22.8. The fourth-order valence-corrected chi connectivity index (χ4v) is 7.51. The summed E-state index contributed by atoms with van der Waals surface area (Å²) in [5.41, 5.74) is 1.95. The van der Waals surface area contributed by atoms with Crippen molar-refractivity contribution in [3.05, 3.63) is 138 Å². The van der Waals surface area contributed by atoms with Gasteiger partial charge in [0.25, 0.3) is 0 Å². The van der Waals surface area contributed by atoms with Gasteiger partial charge in [0.05, 0.1) is 34.3 Å². The predicted molar refractivity (Wildman–Crippen MR) is 159 cm³/mol. The zero-order chi connectivity index (χ0) is 28.0. The van der Waals surface area contributed by atoms with Gasteiger partial charge in [0, 0.05) is 10.6 Å². The van der Waals surface area contributed by atoms with Crippen molar-refractivity contribution in [1.29, 1.82) is 0 Å². The first kappa shape index (κ1) is 27.7. The van der Waals surface area contributed by atoms with Gasteiger partial charge in [0.2, 0.25) is 0 Å². The van der Waals surface area contributed by atoms with Gasteiger partial charge in [0.15, 0.2) is 5.78 Å². The second-order valence-electron chi connectivity index (χ2n) is 10.6. The van der Waals surface area contributed by atoms with Gasteiger partial charge in [-0.3, -0.25) is 9.00 Å². The Labute approximate surface area is 238 Å². The normalized spacial score (nSPS) is 21.5. The molecule has 0 aromatic heterocycles. The van der Waals surface area contributed by atoms with Gasteiger partial charge in [-0.1, -0.05) is 97.4 Å². The summed E-state index contributed by atoms with van der Waals surface area (Å²) in [6, 6.07) is 37.0. The van der Waals surface area contributed by atoms with E-state index in [4.69, 9.17) is 4.74 Å². The first-order chi connectivity index (χ1) is 19.5. The van der Waals surface area contributed by atoms with Crippen LogP contribution in [0.25, 0.3) is 0 Å². The van der Waals surface area contributed by atoms with E-state index in [1.165, 1.54) is 7.11 Å². The van der Waals surface area contributed by atoms with E-state index in [1.807, 2.05) is 78.9 Å². The van der Waals surface area contributed by atoms with Crippen LogP contribution in [0.15, 0.2) is 120 Å². The molecule has 1 saturated carbocycles. The van der Waals surface area contributed by atoms with Crippen LogP contribution in [0.3, 0.4) is 0 Å². The molecule has 0 heterocycles. The smallest absolute Gasteiger partial charge is 0.337 e. The third kappa shape index (κ3) is 5.44. The van der Waals surface area contributed by atoms with Crippen LogP contribution in [0.2, 0.25) is 0 Å². The third-order valence-corrected chi connectivity index (χ3v) is 9.70. The highest BCUT2D eigenvalue weighted by Gasteiger charge is 2.54. The molecule has 40 heavy (non-hydrogen) atoms. The highest BCUT2D eigenvalue weighted by molar-refractivity contribution is 7.85. The minimum atomic E-state index is -1.21. The second-order valence-corrected chi connectivity index (χ2v) is 12.1. The molecule has 4 aromatic rings. The average molecular weight is 551 g/mol. The summed E-state index contributed by atoms with van der Waals surface area (Å²) in [6.07, 6.45) is 3.34. The lowest BCUT2D eigenvalue weighted by atomic mass is 9.54. The monoisotopic (exact) mass is 550 g/mol. The largest absolute Gasteiger partial charge is 0.465 e. The number of benzene rings is 4. The number of methoxy groups -OCH3 is 1. The summed E-state index contributed by atoms with van der Waals surface area (Å²) in [7, 11) is 0.159. The van der Waals surface area contributed by atoms with Gasteiger partial charge in [-0.2, -0.15) is 0 Å². The maximum absolute atomic E-state index is 15.2. The Morgan fingerprint density at radius 1 is 0.750 bits per heavy atom. The van der Waals surface area contributed by atoms with Crippen molar-refractivity contribution in [2.24, 2.45) is 0 Å². The zero-order valence-corrected chi connectivity index (χ0v) is 23.6. The van der Waals surface area contributed by atoms with Crippen molar-refractivity contribution in [3.63, 3.8) is 0 Å². The molecule has 0 spiro atoms. The van der Waals surface area contributed by atoms with E-state index in [9.17, 15) is 9.00 Å². The van der Waals surface area contributed by atoms with E-state index >= 15 is 4.79 Å². The third-order valence-electron chi connectivity index (χ3n) is 8.33. The Balaban J connectivity index is 1.57. The summed E-state index contributed by atoms with van der Waals surface area (Å²) in [6.45, 7) is 0. The highest BCUT2D eigenvalue weighted by Crippen LogP contribution is 2.50.